The van der Waals surface area contributed by atoms with Gasteiger partial charge in [0.15, 0.2) is 0 Å². The second-order valence-corrected chi connectivity index (χ2v) is 18.6. The molecule has 0 N–H and O–H groups in total. The second kappa shape index (κ2) is 16.9. The third kappa shape index (κ3) is 7.74. The largest absolute Gasteiger partial charge is 0.455 e. The Balaban J connectivity index is 1.04. The van der Waals surface area contributed by atoms with Crippen molar-refractivity contribution in [2.75, 3.05) is 4.90 Å². The first kappa shape index (κ1) is 41.6. The standard InChI is InChI=1S/C63H55NO/c1-7-49(63(5,6)50-24-17-23-47(39-50)55-26-18-27-57-56-25-15-16-28-60(56)65-61(55)57)41-58-54-38-37-53(40-48(54)42-62(3,4)59(58)8-2)64(51-33-29-45(30-34-51)43-19-11-9-12-20-43)52-35-31-46(32-36-52)44-21-13-10-14-22-44/h7-41H,42H2,1-6H3/b49-7-,58-41-,59-8?. The number of hydrogen-bond donors (Lipinski definition) is 0. The van der Waals surface area contributed by atoms with Crippen LogP contribution in [0.2, 0.25) is 0 Å². The van der Waals surface area contributed by atoms with E-state index < -0.39 is 0 Å². The fraction of sp³-hybridized carbons (Fsp3) is 0.143. The van der Waals surface area contributed by atoms with Gasteiger partial charge in [0.1, 0.15) is 11.2 Å². The van der Waals surface area contributed by atoms with E-state index in [0.717, 1.165) is 56.5 Å². The Morgan fingerprint density at radius 2 is 1.09 bits per heavy atom. The van der Waals surface area contributed by atoms with Gasteiger partial charge in [0.2, 0.25) is 0 Å². The van der Waals surface area contributed by atoms with Gasteiger partial charge in [0, 0.05) is 38.8 Å². The Hall–Kier alpha value is -7.42. The van der Waals surface area contributed by atoms with Crippen molar-refractivity contribution in [3.63, 3.8) is 0 Å². The van der Waals surface area contributed by atoms with Gasteiger partial charge in [-0.15, -0.1) is 0 Å². The van der Waals surface area contributed by atoms with E-state index in [2.05, 4.69) is 253 Å². The Morgan fingerprint density at radius 3 is 1.72 bits per heavy atom. The first-order valence-corrected chi connectivity index (χ1v) is 22.9. The molecule has 0 saturated heterocycles. The van der Waals surface area contributed by atoms with Crippen molar-refractivity contribution in [2.24, 2.45) is 5.41 Å². The van der Waals surface area contributed by atoms with Crippen LogP contribution in [0.15, 0.2) is 228 Å². The van der Waals surface area contributed by atoms with Gasteiger partial charge in [-0.1, -0.05) is 198 Å². The van der Waals surface area contributed by atoms with Crippen LogP contribution in [-0.4, -0.2) is 0 Å². The Kier molecular flexibility index (Phi) is 10.8. The summed E-state index contributed by atoms with van der Waals surface area (Å²) in [6.45, 7) is 13.9. The number of para-hydroxylation sites is 2. The molecule has 1 aliphatic rings. The van der Waals surface area contributed by atoms with Crippen LogP contribution in [0, 0.1) is 5.41 Å². The lowest BCUT2D eigenvalue weighted by molar-refractivity contribution is 0.448. The third-order valence-corrected chi connectivity index (χ3v) is 13.7. The van der Waals surface area contributed by atoms with Crippen molar-refractivity contribution in [1.82, 2.24) is 0 Å². The average molecular weight is 842 g/mol. The smallest absolute Gasteiger partial charge is 0.143 e. The molecule has 65 heavy (non-hydrogen) atoms. The van der Waals surface area contributed by atoms with E-state index in [9.17, 15) is 0 Å². The van der Waals surface area contributed by atoms with E-state index in [1.807, 2.05) is 6.07 Å². The van der Waals surface area contributed by atoms with Gasteiger partial charge in [0.25, 0.3) is 0 Å². The zero-order valence-corrected chi connectivity index (χ0v) is 38.3. The minimum atomic E-state index is -0.297. The molecule has 0 atom stereocenters. The number of hydrogen-bond acceptors (Lipinski definition) is 2. The summed E-state index contributed by atoms with van der Waals surface area (Å²) in [7, 11) is 0. The zero-order chi connectivity index (χ0) is 44.7. The van der Waals surface area contributed by atoms with Gasteiger partial charge in [-0.05, 0) is 129 Å². The number of anilines is 3. The molecule has 0 amide bonds. The van der Waals surface area contributed by atoms with Gasteiger partial charge in [0.05, 0.1) is 0 Å². The van der Waals surface area contributed by atoms with Crippen molar-refractivity contribution < 1.29 is 4.42 Å². The fourth-order valence-electron chi connectivity index (χ4n) is 10.2. The molecule has 0 spiro atoms. The first-order valence-electron chi connectivity index (χ1n) is 22.9. The summed E-state index contributed by atoms with van der Waals surface area (Å²) >= 11 is 0. The third-order valence-electron chi connectivity index (χ3n) is 13.7. The lowest BCUT2D eigenvalue weighted by Gasteiger charge is -2.38. The molecule has 1 heterocycles. The van der Waals surface area contributed by atoms with Crippen molar-refractivity contribution >= 4 is 44.6 Å². The summed E-state index contributed by atoms with van der Waals surface area (Å²) in [5, 5.41) is 2.29. The number of rotatable bonds is 9. The molecule has 0 aliphatic heterocycles. The molecular weight excluding hydrogens is 787 g/mol. The number of nitrogens with zero attached hydrogens (tertiary/aromatic N) is 1. The van der Waals surface area contributed by atoms with Crippen LogP contribution < -0.4 is 4.90 Å². The number of allylic oxidation sites excluding steroid dienone is 6. The zero-order valence-electron chi connectivity index (χ0n) is 38.3. The van der Waals surface area contributed by atoms with E-state index in [4.69, 9.17) is 4.42 Å². The highest BCUT2D eigenvalue weighted by atomic mass is 16.3. The molecule has 0 saturated carbocycles. The Morgan fingerprint density at radius 1 is 0.538 bits per heavy atom. The maximum Gasteiger partial charge on any atom is 0.143 e. The Labute approximate surface area is 384 Å². The SMILES string of the molecule is CC=C1/C(=C\C(=C\C)C(C)(C)c2cccc(-c3cccc4c3oc3ccccc34)c2)c2ccc(N(c3ccc(-c4ccccc4)cc3)c3ccc(-c4ccccc4)cc3)cc2CC1(C)C. The molecule has 0 bridgehead atoms. The molecule has 9 aromatic rings. The predicted octanol–water partition coefficient (Wildman–Crippen LogP) is 17.9. The molecule has 8 aromatic carbocycles. The van der Waals surface area contributed by atoms with E-state index in [1.54, 1.807) is 0 Å². The minimum Gasteiger partial charge on any atom is -0.455 e. The van der Waals surface area contributed by atoms with Crippen LogP contribution in [-0.2, 0) is 11.8 Å². The van der Waals surface area contributed by atoms with Crippen molar-refractivity contribution in [1.29, 1.82) is 0 Å². The van der Waals surface area contributed by atoms with Gasteiger partial charge < -0.3 is 9.32 Å². The summed E-state index contributed by atoms with van der Waals surface area (Å²) in [6.07, 6.45) is 8.06. The maximum absolute atomic E-state index is 6.50. The molecular formula is C63H55NO. The quantitative estimate of drug-likeness (QED) is 0.144. The van der Waals surface area contributed by atoms with Crippen LogP contribution in [0.3, 0.4) is 0 Å². The van der Waals surface area contributed by atoms with Gasteiger partial charge in [-0.2, -0.15) is 0 Å². The second-order valence-electron chi connectivity index (χ2n) is 18.6. The van der Waals surface area contributed by atoms with E-state index in [0.29, 0.717) is 0 Å². The summed E-state index contributed by atoms with van der Waals surface area (Å²) in [5.41, 5.74) is 19.8. The topological polar surface area (TPSA) is 16.4 Å². The summed E-state index contributed by atoms with van der Waals surface area (Å²) in [6, 6.07) is 70.2. The fourth-order valence-corrected chi connectivity index (χ4v) is 10.2. The molecule has 0 unspecified atom stereocenters. The van der Waals surface area contributed by atoms with E-state index in [-0.39, 0.29) is 10.8 Å². The summed E-state index contributed by atoms with van der Waals surface area (Å²) in [4.78, 5) is 2.41. The van der Waals surface area contributed by atoms with Crippen LogP contribution in [0.1, 0.15) is 58.2 Å². The number of furan rings is 1. The lowest BCUT2D eigenvalue weighted by atomic mass is 9.66. The number of fused-ring (bicyclic) bond motifs is 4. The normalized spacial score (nSPS) is 15.1. The highest BCUT2D eigenvalue weighted by molar-refractivity contribution is 6.09. The molecule has 1 aromatic heterocycles. The summed E-state index contributed by atoms with van der Waals surface area (Å²) in [5.74, 6) is 0. The van der Waals surface area contributed by atoms with Gasteiger partial charge in [-0.3, -0.25) is 0 Å². The van der Waals surface area contributed by atoms with Crippen LogP contribution in [0.5, 0.6) is 0 Å². The average Bonchev–Trinajstić information content (AvgIpc) is 3.73. The number of benzene rings is 8. The maximum atomic E-state index is 6.50. The van der Waals surface area contributed by atoms with Crippen molar-refractivity contribution in [3.8, 4) is 33.4 Å². The first-order chi connectivity index (χ1) is 31.6. The molecule has 0 radical (unpaired) electrons. The van der Waals surface area contributed by atoms with Crippen LogP contribution >= 0.6 is 0 Å². The highest BCUT2D eigenvalue weighted by Crippen LogP contribution is 2.50. The molecule has 2 nitrogen and oxygen atoms in total. The van der Waals surface area contributed by atoms with E-state index in [1.165, 1.54) is 55.7 Å². The van der Waals surface area contributed by atoms with Gasteiger partial charge >= 0.3 is 0 Å². The molecule has 1 aliphatic carbocycles. The lowest BCUT2D eigenvalue weighted by Crippen LogP contribution is -2.26. The predicted molar refractivity (Wildman–Crippen MR) is 277 cm³/mol. The summed E-state index contributed by atoms with van der Waals surface area (Å²) < 4.78 is 6.50. The highest BCUT2D eigenvalue weighted by Gasteiger charge is 2.35. The Bertz CT molecular complexity index is 3180. The molecule has 2 heteroatoms. The van der Waals surface area contributed by atoms with Crippen LogP contribution in [0.25, 0.3) is 60.9 Å². The van der Waals surface area contributed by atoms with E-state index >= 15 is 0 Å². The van der Waals surface area contributed by atoms with Gasteiger partial charge in [-0.25, -0.2) is 0 Å². The molecule has 318 valence electrons. The van der Waals surface area contributed by atoms with Crippen molar-refractivity contribution in [2.45, 2.75) is 53.4 Å². The van der Waals surface area contributed by atoms with Crippen molar-refractivity contribution in [3.05, 3.63) is 240 Å². The minimum absolute atomic E-state index is 0.0835. The van der Waals surface area contributed by atoms with Crippen LogP contribution in [0.4, 0.5) is 17.1 Å². The monoisotopic (exact) mass is 841 g/mol. The molecule has 0 fully saturated rings. The molecule has 10 rings (SSSR count).